The molecule has 1 unspecified atom stereocenters. The highest BCUT2D eigenvalue weighted by Crippen LogP contribution is 2.43. The molecule has 272 valence electrons. The van der Waals surface area contributed by atoms with Crippen LogP contribution in [0.3, 0.4) is 0 Å². The number of allylic oxidation sites excluding steroid dienone is 2. The maximum Gasteiger partial charge on any atom is 0.472 e. The van der Waals surface area contributed by atoms with Crippen molar-refractivity contribution in [3.05, 3.63) is 12.2 Å². The van der Waals surface area contributed by atoms with E-state index in [1.807, 2.05) is 0 Å². The Kier molecular flexibility index (Phi) is 32.8. The lowest BCUT2D eigenvalue weighted by atomic mass is 10.0. The minimum Gasteiger partial charge on any atom is -0.462 e. The zero-order chi connectivity index (χ0) is 34.0. The number of unbranched alkanes of at least 4 members (excludes halogenated alkanes) is 21. The van der Waals surface area contributed by atoms with Crippen molar-refractivity contribution in [1.29, 1.82) is 0 Å². The van der Waals surface area contributed by atoms with Crippen LogP contribution in [0.25, 0.3) is 0 Å². The van der Waals surface area contributed by atoms with E-state index in [0.717, 1.165) is 51.4 Å². The number of rotatable bonds is 35. The van der Waals surface area contributed by atoms with E-state index in [1.165, 1.54) is 96.3 Å². The van der Waals surface area contributed by atoms with E-state index < -0.39 is 26.5 Å². The molecule has 8 nitrogen and oxygen atoms in total. The number of phosphoric ester groups is 1. The van der Waals surface area contributed by atoms with Crippen LogP contribution in [0.1, 0.15) is 188 Å². The van der Waals surface area contributed by atoms with E-state index in [1.54, 1.807) is 6.92 Å². The molecule has 0 aromatic heterocycles. The molecule has 0 amide bonds. The summed E-state index contributed by atoms with van der Waals surface area (Å²) >= 11 is 0. The lowest BCUT2D eigenvalue weighted by Gasteiger charge is -2.19. The van der Waals surface area contributed by atoms with Gasteiger partial charge in [0.25, 0.3) is 0 Å². The van der Waals surface area contributed by atoms with Crippen LogP contribution in [0.15, 0.2) is 12.2 Å². The van der Waals surface area contributed by atoms with E-state index >= 15 is 0 Å². The SMILES string of the molecule is CCCCCC/C=C/CCCCCCCC(=O)O[C@@H](COC(=O)CCCCCCCCCCCCCCC)COP(=O)(O)OCC. The van der Waals surface area contributed by atoms with Gasteiger partial charge in [-0.15, -0.1) is 0 Å². The number of hydrogen-bond acceptors (Lipinski definition) is 7. The van der Waals surface area contributed by atoms with Crippen molar-refractivity contribution in [1.82, 2.24) is 0 Å². The first-order valence-corrected chi connectivity index (χ1v) is 20.5. The lowest BCUT2D eigenvalue weighted by Crippen LogP contribution is -2.29. The summed E-state index contributed by atoms with van der Waals surface area (Å²) in [5, 5.41) is 0. The molecule has 0 rings (SSSR count). The predicted molar refractivity (Wildman–Crippen MR) is 189 cm³/mol. The average Bonchev–Trinajstić information content (AvgIpc) is 3.03. The van der Waals surface area contributed by atoms with Crippen LogP contribution in [0.5, 0.6) is 0 Å². The molecule has 0 aromatic rings. The van der Waals surface area contributed by atoms with Crippen LogP contribution in [0.4, 0.5) is 0 Å². The molecule has 0 heterocycles. The van der Waals surface area contributed by atoms with Crippen LogP contribution in [0, 0.1) is 0 Å². The molecule has 2 atom stereocenters. The fourth-order valence-corrected chi connectivity index (χ4v) is 6.03. The Hall–Kier alpha value is -1.21. The smallest absolute Gasteiger partial charge is 0.462 e. The number of hydrogen-bond donors (Lipinski definition) is 1. The first-order chi connectivity index (χ1) is 22.3. The Balaban J connectivity index is 4.15. The summed E-state index contributed by atoms with van der Waals surface area (Å²) in [5.74, 6) is -0.802. The van der Waals surface area contributed by atoms with Gasteiger partial charge in [-0.05, 0) is 45.4 Å². The Labute approximate surface area is 282 Å². The van der Waals surface area contributed by atoms with Gasteiger partial charge in [-0.25, -0.2) is 4.57 Å². The number of carbonyl (C=O) groups excluding carboxylic acids is 2. The minimum atomic E-state index is -4.27. The molecule has 0 aliphatic carbocycles. The zero-order valence-electron chi connectivity index (χ0n) is 30.0. The van der Waals surface area contributed by atoms with E-state index in [9.17, 15) is 19.0 Å². The predicted octanol–water partition coefficient (Wildman–Crippen LogP) is 11.3. The third kappa shape index (κ3) is 32.7. The van der Waals surface area contributed by atoms with Gasteiger partial charge in [-0.3, -0.25) is 18.6 Å². The van der Waals surface area contributed by atoms with Crippen LogP contribution in [-0.4, -0.2) is 42.8 Å². The van der Waals surface area contributed by atoms with Crippen molar-refractivity contribution in [3.8, 4) is 0 Å². The largest absolute Gasteiger partial charge is 0.472 e. The van der Waals surface area contributed by atoms with Gasteiger partial charge in [0.05, 0.1) is 13.2 Å². The van der Waals surface area contributed by atoms with Crippen molar-refractivity contribution in [2.75, 3.05) is 19.8 Å². The molecule has 0 aromatic carbocycles. The lowest BCUT2D eigenvalue weighted by molar-refractivity contribution is -0.161. The molecule has 0 aliphatic heterocycles. The molecule has 0 radical (unpaired) electrons. The first kappa shape index (κ1) is 44.8. The summed E-state index contributed by atoms with van der Waals surface area (Å²) in [5.41, 5.74) is 0. The second-order valence-electron chi connectivity index (χ2n) is 12.6. The second kappa shape index (κ2) is 33.7. The van der Waals surface area contributed by atoms with Crippen LogP contribution >= 0.6 is 7.82 Å². The van der Waals surface area contributed by atoms with Crippen LogP contribution in [-0.2, 0) is 32.7 Å². The topological polar surface area (TPSA) is 108 Å². The van der Waals surface area contributed by atoms with Gasteiger partial charge < -0.3 is 14.4 Å². The summed E-state index contributed by atoms with van der Waals surface area (Å²) in [4.78, 5) is 34.5. The van der Waals surface area contributed by atoms with Crippen LogP contribution < -0.4 is 0 Å². The van der Waals surface area contributed by atoms with E-state index in [0.29, 0.717) is 12.8 Å². The van der Waals surface area contributed by atoms with Crippen LogP contribution in [0.2, 0.25) is 0 Å². The standard InChI is InChI=1S/C37H71O8P/c1-4-7-9-11-13-15-17-19-21-23-25-27-29-31-36(38)42-33-35(34-44-46(40,41)43-6-3)45-37(39)32-30-28-26-24-22-20-18-16-14-12-10-8-5-2/h16,18,35H,4-15,17,19-34H2,1-3H3,(H,40,41)/b18-16+/t35-/m0/s1. The average molecular weight is 675 g/mol. The number of ether oxygens (including phenoxy) is 2. The van der Waals surface area contributed by atoms with Crippen molar-refractivity contribution < 1.29 is 37.6 Å². The molecule has 9 heteroatoms. The Morgan fingerprint density at radius 1 is 0.565 bits per heavy atom. The molecule has 0 aliphatic rings. The highest BCUT2D eigenvalue weighted by Gasteiger charge is 2.25. The van der Waals surface area contributed by atoms with Gasteiger partial charge in [-0.2, -0.15) is 0 Å². The maximum absolute atomic E-state index is 12.5. The van der Waals surface area contributed by atoms with Crippen molar-refractivity contribution >= 4 is 19.8 Å². The molecule has 46 heavy (non-hydrogen) atoms. The summed E-state index contributed by atoms with van der Waals surface area (Å²) in [7, 11) is -4.27. The first-order valence-electron chi connectivity index (χ1n) is 19.0. The molecule has 0 fully saturated rings. The third-order valence-corrected chi connectivity index (χ3v) is 9.13. The molecular weight excluding hydrogens is 603 g/mol. The van der Waals surface area contributed by atoms with Gasteiger partial charge in [-0.1, -0.05) is 142 Å². The fourth-order valence-electron chi connectivity index (χ4n) is 5.27. The molecule has 1 N–H and O–H groups in total. The quantitative estimate of drug-likeness (QED) is 0.0306. The highest BCUT2D eigenvalue weighted by molar-refractivity contribution is 7.47. The Morgan fingerprint density at radius 3 is 1.46 bits per heavy atom. The maximum atomic E-state index is 12.5. The molecule has 0 bridgehead atoms. The fraction of sp³-hybridized carbons (Fsp3) is 0.892. The zero-order valence-corrected chi connectivity index (χ0v) is 30.9. The summed E-state index contributed by atoms with van der Waals surface area (Å²) in [6.45, 7) is 5.45. The normalized spacial score (nSPS) is 13.6. The number of carbonyl (C=O) groups is 2. The summed E-state index contributed by atoms with van der Waals surface area (Å²) < 4.78 is 32.5. The van der Waals surface area contributed by atoms with Gasteiger partial charge >= 0.3 is 19.8 Å². The molecule has 0 saturated carbocycles. The number of esters is 2. The van der Waals surface area contributed by atoms with Crippen molar-refractivity contribution in [3.63, 3.8) is 0 Å². The van der Waals surface area contributed by atoms with E-state index in [-0.39, 0.29) is 25.6 Å². The third-order valence-electron chi connectivity index (χ3n) is 8.07. The van der Waals surface area contributed by atoms with Gasteiger partial charge in [0, 0.05) is 12.8 Å². The monoisotopic (exact) mass is 674 g/mol. The van der Waals surface area contributed by atoms with E-state index in [2.05, 4.69) is 26.0 Å². The van der Waals surface area contributed by atoms with Gasteiger partial charge in [0.15, 0.2) is 6.10 Å². The summed E-state index contributed by atoms with van der Waals surface area (Å²) in [6, 6.07) is 0. The Bertz CT molecular complexity index is 772. The van der Waals surface area contributed by atoms with Crippen molar-refractivity contribution in [2.24, 2.45) is 0 Å². The summed E-state index contributed by atoms with van der Waals surface area (Å²) in [6.07, 6.45) is 32.6. The van der Waals surface area contributed by atoms with Crippen molar-refractivity contribution in [2.45, 2.75) is 194 Å². The molecule has 0 spiro atoms. The second-order valence-corrected chi connectivity index (χ2v) is 14.1. The van der Waals surface area contributed by atoms with Gasteiger partial charge in [0.1, 0.15) is 6.61 Å². The molecule has 0 saturated heterocycles. The number of phosphoric acid groups is 1. The Morgan fingerprint density at radius 2 is 0.978 bits per heavy atom. The highest BCUT2D eigenvalue weighted by atomic mass is 31.2. The minimum absolute atomic E-state index is 0.00166. The van der Waals surface area contributed by atoms with Gasteiger partial charge in [0.2, 0.25) is 0 Å². The van der Waals surface area contributed by atoms with E-state index in [4.69, 9.17) is 18.5 Å². The molecular formula is C37H71O8P.